The predicted molar refractivity (Wildman–Crippen MR) is 113 cm³/mol. The summed E-state index contributed by atoms with van der Waals surface area (Å²) in [7, 11) is -2.46. The van der Waals surface area contributed by atoms with Crippen LogP contribution in [0.3, 0.4) is 0 Å². The highest BCUT2D eigenvalue weighted by Gasteiger charge is 2.49. The normalized spacial score (nSPS) is 13.7. The number of benzene rings is 2. The van der Waals surface area contributed by atoms with Crippen LogP contribution in [-0.2, 0) is 9.22 Å². The summed E-state index contributed by atoms with van der Waals surface area (Å²) in [6.07, 6.45) is 5.86. The van der Waals surface area contributed by atoms with Gasteiger partial charge < -0.3 is 9.22 Å². The second-order valence-electron chi connectivity index (χ2n) is 7.79. The van der Waals surface area contributed by atoms with Crippen molar-refractivity contribution < 1.29 is 9.22 Å². The van der Waals surface area contributed by atoms with Crippen molar-refractivity contribution in [2.24, 2.45) is 5.92 Å². The molecule has 3 heteroatoms. The fraction of sp³-hybridized carbons (Fsp3) is 0.348. The van der Waals surface area contributed by atoms with E-state index in [-0.39, 0.29) is 11.0 Å². The maximum absolute atomic E-state index is 10.8. The van der Waals surface area contributed by atoms with Crippen molar-refractivity contribution in [3.8, 4) is 0 Å². The van der Waals surface area contributed by atoms with E-state index in [1.165, 1.54) is 10.4 Å². The van der Waals surface area contributed by atoms with Gasteiger partial charge in [0.15, 0.2) is 0 Å². The maximum atomic E-state index is 10.8. The molecular weight excluding hydrogens is 336 g/mol. The molecule has 0 saturated carbocycles. The minimum Gasteiger partial charge on any atom is -0.404 e. The largest absolute Gasteiger partial charge is 0.404 e. The molecule has 138 valence electrons. The summed E-state index contributed by atoms with van der Waals surface area (Å²) >= 11 is 0. The van der Waals surface area contributed by atoms with Gasteiger partial charge in [-0.15, -0.1) is 0 Å². The standard InChI is InChI=1S/C23H30O2Si/c1-20(19-24)13-11-12-18-25-26(23(2,3)4,21-14-7-5-8-15-21)22-16-9-6-10-17-22/h5-12,14-17,19-20H,13,18H2,1-4H3/b12-11+/t20-/m0/s1. The van der Waals surface area contributed by atoms with E-state index in [2.05, 4.69) is 93.6 Å². The zero-order valence-electron chi connectivity index (χ0n) is 16.3. The van der Waals surface area contributed by atoms with Crippen LogP contribution in [0.1, 0.15) is 34.1 Å². The molecule has 2 rings (SSSR count). The number of carbonyl (C=O) groups excluding carboxylic acids is 1. The molecule has 0 unspecified atom stereocenters. The summed E-state index contributed by atoms with van der Waals surface area (Å²) in [5.41, 5.74) is 0. The molecule has 0 fully saturated rings. The Hall–Kier alpha value is -1.97. The van der Waals surface area contributed by atoms with Crippen LogP contribution < -0.4 is 10.4 Å². The van der Waals surface area contributed by atoms with E-state index in [9.17, 15) is 4.79 Å². The molecule has 2 aromatic rings. The molecule has 26 heavy (non-hydrogen) atoms. The first kappa shape index (κ1) is 20.3. The van der Waals surface area contributed by atoms with Crippen LogP contribution in [0.25, 0.3) is 0 Å². The van der Waals surface area contributed by atoms with Crippen molar-refractivity contribution in [3.05, 3.63) is 72.8 Å². The van der Waals surface area contributed by atoms with Crippen LogP contribution in [-0.4, -0.2) is 21.2 Å². The first-order valence-corrected chi connectivity index (χ1v) is 11.2. The molecule has 0 heterocycles. The number of hydrogen-bond acceptors (Lipinski definition) is 2. The molecule has 1 atom stereocenters. The molecule has 2 aromatic carbocycles. The minimum absolute atomic E-state index is 0.0143. The Morgan fingerprint density at radius 3 is 1.85 bits per heavy atom. The molecule has 0 aliphatic carbocycles. The van der Waals surface area contributed by atoms with Gasteiger partial charge in [-0.1, -0.05) is 101 Å². The van der Waals surface area contributed by atoms with Crippen LogP contribution in [0, 0.1) is 5.92 Å². The summed E-state index contributed by atoms with van der Waals surface area (Å²) in [4.78, 5) is 10.8. The lowest BCUT2D eigenvalue weighted by Gasteiger charge is -2.42. The highest BCUT2D eigenvalue weighted by molar-refractivity contribution is 6.99. The topological polar surface area (TPSA) is 26.3 Å². The van der Waals surface area contributed by atoms with Gasteiger partial charge in [0.2, 0.25) is 0 Å². The van der Waals surface area contributed by atoms with Crippen LogP contribution in [0.2, 0.25) is 5.04 Å². The van der Waals surface area contributed by atoms with Crippen molar-refractivity contribution in [3.63, 3.8) is 0 Å². The molecule has 2 nitrogen and oxygen atoms in total. The number of rotatable bonds is 8. The fourth-order valence-electron chi connectivity index (χ4n) is 3.37. The SMILES string of the molecule is C[C@H](C=O)C/C=C/CO[Si](c1ccccc1)(c1ccccc1)C(C)(C)C. The lowest BCUT2D eigenvalue weighted by Crippen LogP contribution is -2.66. The van der Waals surface area contributed by atoms with Gasteiger partial charge in [-0.3, -0.25) is 0 Å². The highest BCUT2D eigenvalue weighted by atomic mass is 28.4. The Labute approximate surface area is 159 Å². The smallest absolute Gasteiger partial charge is 0.261 e. The van der Waals surface area contributed by atoms with E-state index < -0.39 is 8.32 Å². The first-order chi connectivity index (χ1) is 12.4. The predicted octanol–water partition coefficient (Wildman–Crippen LogP) is 4.34. The Balaban J connectivity index is 2.39. The Kier molecular flexibility index (Phi) is 7.12. The summed E-state index contributed by atoms with van der Waals surface area (Å²) in [6, 6.07) is 21.3. The molecule has 0 N–H and O–H groups in total. The quantitative estimate of drug-likeness (QED) is 0.394. The van der Waals surface area contributed by atoms with Gasteiger partial charge in [-0.25, -0.2) is 0 Å². The summed E-state index contributed by atoms with van der Waals surface area (Å²) in [6.45, 7) is 9.31. The van der Waals surface area contributed by atoms with Crippen LogP contribution in [0.15, 0.2) is 72.8 Å². The van der Waals surface area contributed by atoms with Gasteiger partial charge in [-0.05, 0) is 21.8 Å². The molecular formula is C23H30O2Si. The molecule has 0 aliphatic rings. The van der Waals surface area contributed by atoms with Crippen LogP contribution in [0.5, 0.6) is 0 Å². The van der Waals surface area contributed by atoms with Crippen molar-refractivity contribution in [2.45, 2.75) is 39.2 Å². The molecule has 0 aromatic heterocycles. The fourth-order valence-corrected chi connectivity index (χ4v) is 7.87. The lowest BCUT2D eigenvalue weighted by atomic mass is 10.1. The summed E-state index contributed by atoms with van der Waals surface area (Å²) < 4.78 is 6.75. The van der Waals surface area contributed by atoms with E-state index in [1.807, 2.05) is 6.92 Å². The molecule has 0 bridgehead atoms. The van der Waals surface area contributed by atoms with E-state index >= 15 is 0 Å². The highest BCUT2D eigenvalue weighted by Crippen LogP contribution is 2.36. The van der Waals surface area contributed by atoms with Crippen LogP contribution in [0.4, 0.5) is 0 Å². The molecule has 0 saturated heterocycles. The number of hydrogen-bond donors (Lipinski definition) is 0. The van der Waals surface area contributed by atoms with Crippen molar-refractivity contribution >= 4 is 25.0 Å². The minimum atomic E-state index is -2.46. The van der Waals surface area contributed by atoms with Gasteiger partial charge >= 0.3 is 0 Å². The van der Waals surface area contributed by atoms with E-state index in [0.29, 0.717) is 6.61 Å². The maximum Gasteiger partial charge on any atom is 0.261 e. The molecule has 0 aliphatic heterocycles. The van der Waals surface area contributed by atoms with Gasteiger partial charge in [0, 0.05) is 5.92 Å². The monoisotopic (exact) mass is 366 g/mol. The van der Waals surface area contributed by atoms with Gasteiger partial charge in [-0.2, -0.15) is 0 Å². The van der Waals surface area contributed by atoms with Gasteiger partial charge in [0.05, 0.1) is 6.61 Å². The lowest BCUT2D eigenvalue weighted by molar-refractivity contribution is -0.110. The second kappa shape index (κ2) is 9.11. The van der Waals surface area contributed by atoms with E-state index in [4.69, 9.17) is 4.43 Å². The number of allylic oxidation sites excluding steroid dienone is 1. The Morgan fingerprint density at radius 1 is 0.923 bits per heavy atom. The van der Waals surface area contributed by atoms with E-state index in [0.717, 1.165) is 12.7 Å². The van der Waals surface area contributed by atoms with Crippen LogP contribution >= 0.6 is 0 Å². The number of aldehydes is 1. The average molecular weight is 367 g/mol. The summed E-state index contributed by atoms with van der Waals surface area (Å²) in [5, 5.41) is 2.56. The molecule has 0 spiro atoms. The molecule has 0 radical (unpaired) electrons. The second-order valence-corrected chi connectivity index (χ2v) is 12.1. The van der Waals surface area contributed by atoms with Crippen molar-refractivity contribution in [2.75, 3.05) is 6.61 Å². The third-order valence-corrected chi connectivity index (χ3v) is 9.72. The van der Waals surface area contributed by atoms with Gasteiger partial charge in [0.1, 0.15) is 6.29 Å². The third-order valence-electron chi connectivity index (χ3n) is 4.72. The zero-order chi connectivity index (χ0) is 19.0. The Bertz CT molecular complexity index is 662. The number of carbonyl (C=O) groups is 1. The first-order valence-electron chi connectivity index (χ1n) is 9.27. The zero-order valence-corrected chi connectivity index (χ0v) is 17.3. The molecule has 0 amide bonds. The van der Waals surface area contributed by atoms with Gasteiger partial charge in [0.25, 0.3) is 8.32 Å². The Morgan fingerprint density at radius 2 is 1.42 bits per heavy atom. The van der Waals surface area contributed by atoms with E-state index in [1.54, 1.807) is 0 Å². The van der Waals surface area contributed by atoms with Crippen molar-refractivity contribution in [1.29, 1.82) is 0 Å². The third kappa shape index (κ3) is 4.60. The summed E-state index contributed by atoms with van der Waals surface area (Å²) in [5.74, 6) is 0.0547. The van der Waals surface area contributed by atoms with Crippen molar-refractivity contribution in [1.82, 2.24) is 0 Å². The average Bonchev–Trinajstić information content (AvgIpc) is 2.65.